The molecule has 1 N–H and O–H groups in total. The highest BCUT2D eigenvalue weighted by Gasteiger charge is 2.38. The molecule has 2 atom stereocenters. The summed E-state index contributed by atoms with van der Waals surface area (Å²) in [6, 6.07) is 14.5. The molecule has 1 heterocycles. The number of hydrogen-bond donors (Lipinski definition) is 1. The Hall–Kier alpha value is -3.99. The number of alkyl carbamates (subject to hydrolysis) is 1. The van der Waals surface area contributed by atoms with Gasteiger partial charge in [0.1, 0.15) is 5.60 Å². The molecular formula is C35H51N3O8. The van der Waals surface area contributed by atoms with Gasteiger partial charge in [0.25, 0.3) is 5.91 Å². The summed E-state index contributed by atoms with van der Waals surface area (Å²) in [6.45, 7) is 11.5. The minimum Gasteiger partial charge on any atom is -0.493 e. The molecule has 1 fully saturated rings. The molecule has 0 aromatic heterocycles. The van der Waals surface area contributed by atoms with Gasteiger partial charge in [-0.1, -0.05) is 30.3 Å². The van der Waals surface area contributed by atoms with Gasteiger partial charge in [-0.25, -0.2) is 9.59 Å². The van der Waals surface area contributed by atoms with Crippen LogP contribution in [0.1, 0.15) is 63.4 Å². The summed E-state index contributed by atoms with van der Waals surface area (Å²) in [5.74, 6) is 0.583. The van der Waals surface area contributed by atoms with Crippen molar-refractivity contribution in [2.75, 3.05) is 53.7 Å². The van der Waals surface area contributed by atoms with Crippen LogP contribution in [0.25, 0.3) is 0 Å². The number of rotatable bonds is 14. The lowest BCUT2D eigenvalue weighted by Crippen LogP contribution is -2.57. The van der Waals surface area contributed by atoms with Crippen molar-refractivity contribution in [1.29, 1.82) is 0 Å². The molecular weight excluding hydrogens is 590 g/mol. The second kappa shape index (κ2) is 17.6. The maximum Gasteiger partial charge on any atom is 0.410 e. The molecule has 0 bridgehead atoms. The van der Waals surface area contributed by atoms with Crippen LogP contribution in [0, 0.1) is 5.92 Å². The molecule has 0 aliphatic carbocycles. The summed E-state index contributed by atoms with van der Waals surface area (Å²) in [5.41, 5.74) is 0.868. The lowest BCUT2D eigenvalue weighted by atomic mass is 9.92. The van der Waals surface area contributed by atoms with E-state index < -0.39 is 17.8 Å². The maximum atomic E-state index is 14.1. The Morgan fingerprint density at radius 1 is 1.00 bits per heavy atom. The highest BCUT2D eigenvalue weighted by atomic mass is 16.6. The first-order valence-electron chi connectivity index (χ1n) is 16.0. The molecule has 11 heteroatoms. The highest BCUT2D eigenvalue weighted by Crippen LogP contribution is 2.31. The molecule has 1 aliphatic rings. The predicted octanol–water partition coefficient (Wildman–Crippen LogP) is 5.56. The molecule has 3 amide bonds. The molecule has 46 heavy (non-hydrogen) atoms. The zero-order valence-corrected chi connectivity index (χ0v) is 28.4. The number of piperidine rings is 1. The molecule has 0 spiro atoms. The van der Waals surface area contributed by atoms with Crippen molar-refractivity contribution in [3.8, 4) is 11.5 Å². The van der Waals surface area contributed by atoms with Crippen molar-refractivity contribution in [2.45, 2.75) is 71.6 Å². The van der Waals surface area contributed by atoms with E-state index in [4.69, 9.17) is 23.7 Å². The van der Waals surface area contributed by atoms with Crippen molar-refractivity contribution < 1.29 is 38.1 Å². The number of methoxy groups -OCH3 is 2. The Bertz CT molecular complexity index is 1260. The normalized spacial score (nSPS) is 16.5. The van der Waals surface area contributed by atoms with Gasteiger partial charge >= 0.3 is 12.2 Å². The number of nitrogens with one attached hydrogen (secondary N) is 1. The van der Waals surface area contributed by atoms with Gasteiger partial charge < -0.3 is 38.8 Å². The van der Waals surface area contributed by atoms with E-state index >= 15 is 0 Å². The van der Waals surface area contributed by atoms with E-state index in [1.165, 1.54) is 0 Å². The predicted molar refractivity (Wildman–Crippen MR) is 175 cm³/mol. The Labute approximate surface area is 273 Å². The van der Waals surface area contributed by atoms with Crippen LogP contribution in [0.4, 0.5) is 9.59 Å². The molecule has 0 radical (unpaired) electrons. The van der Waals surface area contributed by atoms with Crippen molar-refractivity contribution in [2.24, 2.45) is 5.92 Å². The summed E-state index contributed by atoms with van der Waals surface area (Å²) in [4.78, 5) is 43.3. The van der Waals surface area contributed by atoms with Gasteiger partial charge in [-0.05, 0) is 71.2 Å². The average Bonchev–Trinajstić information content (AvgIpc) is 3.01. The van der Waals surface area contributed by atoms with Crippen molar-refractivity contribution in [3.63, 3.8) is 0 Å². The number of hydrogen-bond acceptors (Lipinski definition) is 8. The number of carbonyl (C=O) groups is 3. The van der Waals surface area contributed by atoms with Gasteiger partial charge in [0.15, 0.2) is 11.5 Å². The van der Waals surface area contributed by atoms with Gasteiger partial charge in [-0.3, -0.25) is 4.79 Å². The number of amides is 3. The Morgan fingerprint density at radius 2 is 1.74 bits per heavy atom. The molecule has 1 aliphatic heterocycles. The summed E-state index contributed by atoms with van der Waals surface area (Å²) < 4.78 is 27.8. The highest BCUT2D eigenvalue weighted by molar-refractivity contribution is 5.95. The molecule has 0 saturated carbocycles. The van der Waals surface area contributed by atoms with E-state index in [0.29, 0.717) is 62.6 Å². The Balaban J connectivity index is 1.76. The van der Waals surface area contributed by atoms with Crippen LogP contribution in [0.15, 0.2) is 48.5 Å². The van der Waals surface area contributed by atoms with E-state index in [0.717, 1.165) is 5.56 Å². The standard InChI is InChI=1S/C35H51N3O8/c1-25(2)38(32(39)28-14-15-30(43-7)31(21-28)44-19-11-18-42-6)29-20-27(22-37(23-29)34(41)46-35(3,4)5)24-45-33(40)36-17-16-26-12-9-8-10-13-26/h8-10,12-15,21,25,27,29H,11,16-20,22-24H2,1-7H3,(H,36,40)/t27-,29+/m0/s1. The largest absolute Gasteiger partial charge is 0.493 e. The van der Waals surface area contributed by atoms with Gasteiger partial charge in [-0.2, -0.15) is 0 Å². The Kier molecular flexibility index (Phi) is 14.0. The summed E-state index contributed by atoms with van der Waals surface area (Å²) in [6.07, 6.45) is 0.922. The van der Waals surface area contributed by atoms with Gasteiger partial charge in [0.05, 0.1) is 26.4 Å². The third-order valence-electron chi connectivity index (χ3n) is 7.49. The van der Waals surface area contributed by atoms with Gasteiger partial charge in [-0.15, -0.1) is 0 Å². The SMILES string of the molecule is COCCCOc1cc(C(=O)N(C(C)C)[C@@H]2C[C@H](COC(=O)NCCc3ccccc3)CN(C(=O)OC(C)(C)C)C2)ccc1OC. The minimum atomic E-state index is -0.690. The van der Waals surface area contributed by atoms with Crippen LogP contribution in [0.5, 0.6) is 11.5 Å². The van der Waals surface area contributed by atoms with Crippen LogP contribution in [-0.4, -0.2) is 99.3 Å². The molecule has 2 aromatic rings. The fraction of sp³-hybridized carbons (Fsp3) is 0.571. The minimum absolute atomic E-state index is 0.0924. The van der Waals surface area contributed by atoms with Gasteiger partial charge in [0.2, 0.25) is 0 Å². The number of carbonyl (C=O) groups excluding carboxylic acids is 3. The van der Waals surface area contributed by atoms with Crippen molar-refractivity contribution >= 4 is 18.1 Å². The van der Waals surface area contributed by atoms with E-state index in [9.17, 15) is 14.4 Å². The number of benzene rings is 2. The smallest absolute Gasteiger partial charge is 0.410 e. The first kappa shape index (κ1) is 36.5. The van der Waals surface area contributed by atoms with Gasteiger partial charge in [0, 0.05) is 57.3 Å². The average molecular weight is 642 g/mol. The number of likely N-dealkylation sites (tertiary alicyclic amines) is 1. The van der Waals surface area contributed by atoms with Crippen LogP contribution in [0.3, 0.4) is 0 Å². The lowest BCUT2D eigenvalue weighted by molar-refractivity contribution is -0.00795. The molecule has 11 nitrogen and oxygen atoms in total. The van der Waals surface area contributed by atoms with Crippen LogP contribution >= 0.6 is 0 Å². The van der Waals surface area contributed by atoms with E-state index in [1.54, 1.807) is 42.2 Å². The molecule has 1 saturated heterocycles. The van der Waals surface area contributed by atoms with E-state index in [-0.39, 0.29) is 37.1 Å². The van der Waals surface area contributed by atoms with Crippen molar-refractivity contribution in [1.82, 2.24) is 15.1 Å². The molecule has 3 rings (SSSR count). The summed E-state index contributed by atoms with van der Waals surface area (Å²) >= 11 is 0. The fourth-order valence-electron chi connectivity index (χ4n) is 5.45. The molecule has 0 unspecified atom stereocenters. The summed E-state index contributed by atoms with van der Waals surface area (Å²) in [5, 5.41) is 2.80. The monoisotopic (exact) mass is 641 g/mol. The Morgan fingerprint density at radius 3 is 2.39 bits per heavy atom. The topological polar surface area (TPSA) is 116 Å². The molecule has 254 valence electrons. The zero-order chi connectivity index (χ0) is 33.7. The zero-order valence-electron chi connectivity index (χ0n) is 28.4. The number of ether oxygens (including phenoxy) is 5. The molecule has 2 aromatic carbocycles. The maximum absolute atomic E-state index is 14.1. The second-order valence-corrected chi connectivity index (χ2v) is 12.8. The lowest BCUT2D eigenvalue weighted by Gasteiger charge is -2.44. The van der Waals surface area contributed by atoms with E-state index in [1.807, 2.05) is 65.0 Å². The summed E-state index contributed by atoms with van der Waals surface area (Å²) in [7, 11) is 3.19. The van der Waals surface area contributed by atoms with E-state index in [2.05, 4.69) is 5.32 Å². The van der Waals surface area contributed by atoms with Crippen LogP contribution in [0.2, 0.25) is 0 Å². The van der Waals surface area contributed by atoms with Crippen molar-refractivity contribution in [3.05, 3.63) is 59.7 Å². The second-order valence-electron chi connectivity index (χ2n) is 12.8. The number of nitrogens with zero attached hydrogens (tertiary/aromatic N) is 2. The third kappa shape index (κ3) is 11.4. The fourth-order valence-corrected chi connectivity index (χ4v) is 5.45. The van der Waals surface area contributed by atoms with Crippen LogP contribution < -0.4 is 14.8 Å². The first-order valence-corrected chi connectivity index (χ1v) is 16.0. The first-order chi connectivity index (χ1) is 21.9. The van der Waals surface area contributed by atoms with Crippen LogP contribution in [-0.2, 0) is 20.6 Å². The third-order valence-corrected chi connectivity index (χ3v) is 7.49. The quantitative estimate of drug-likeness (QED) is 0.267.